The highest BCUT2D eigenvalue weighted by Crippen LogP contribution is 2.30. The van der Waals surface area contributed by atoms with E-state index in [2.05, 4.69) is 28.3 Å². The molecule has 1 saturated heterocycles. The summed E-state index contributed by atoms with van der Waals surface area (Å²) in [6, 6.07) is 6.10. The molecule has 5 nitrogen and oxygen atoms in total. The van der Waals surface area contributed by atoms with Gasteiger partial charge in [-0.15, -0.1) is 0 Å². The van der Waals surface area contributed by atoms with E-state index in [1.54, 1.807) is 0 Å². The third kappa shape index (κ3) is 3.07. The lowest BCUT2D eigenvalue weighted by molar-refractivity contribution is 0.0513. The summed E-state index contributed by atoms with van der Waals surface area (Å²) in [6.07, 6.45) is 4.73. The van der Waals surface area contributed by atoms with Crippen LogP contribution in [0.4, 0.5) is 0 Å². The van der Waals surface area contributed by atoms with Crippen molar-refractivity contribution in [2.75, 3.05) is 26.7 Å². The molecule has 1 aromatic carbocycles. The van der Waals surface area contributed by atoms with Gasteiger partial charge in [-0.2, -0.15) is 0 Å². The van der Waals surface area contributed by atoms with Gasteiger partial charge in [-0.3, -0.25) is 4.79 Å². The number of fused-ring (bicyclic) bond motifs is 3. The molecule has 2 N–H and O–H groups in total. The second-order valence-corrected chi connectivity index (χ2v) is 7.31. The Morgan fingerprint density at radius 2 is 2.16 bits per heavy atom. The highest BCUT2D eigenvalue weighted by molar-refractivity contribution is 6.07. The van der Waals surface area contributed by atoms with Crippen molar-refractivity contribution in [3.63, 3.8) is 0 Å². The van der Waals surface area contributed by atoms with Crippen LogP contribution in [0, 0.1) is 0 Å². The van der Waals surface area contributed by atoms with Crippen molar-refractivity contribution in [1.82, 2.24) is 15.2 Å². The van der Waals surface area contributed by atoms with Crippen LogP contribution in [-0.4, -0.2) is 54.7 Å². The summed E-state index contributed by atoms with van der Waals surface area (Å²) in [4.78, 5) is 18.7. The van der Waals surface area contributed by atoms with E-state index in [1.807, 2.05) is 19.1 Å². The maximum absolute atomic E-state index is 13.0. The van der Waals surface area contributed by atoms with Crippen molar-refractivity contribution in [3.05, 3.63) is 35.0 Å². The first-order valence-corrected chi connectivity index (χ1v) is 9.40. The highest BCUT2D eigenvalue weighted by Gasteiger charge is 2.33. The lowest BCUT2D eigenvalue weighted by Crippen LogP contribution is -2.44. The molecule has 1 amide bonds. The smallest absolute Gasteiger partial charge is 0.253 e. The number of carbonyl (C=O) groups excluding carboxylic acids is 1. The van der Waals surface area contributed by atoms with Crippen LogP contribution in [0.5, 0.6) is 0 Å². The van der Waals surface area contributed by atoms with Crippen LogP contribution < -0.4 is 5.32 Å². The van der Waals surface area contributed by atoms with Gasteiger partial charge in [0.25, 0.3) is 5.91 Å². The first-order valence-electron chi connectivity index (χ1n) is 9.40. The Hall–Kier alpha value is -1.85. The maximum Gasteiger partial charge on any atom is 0.253 e. The zero-order chi connectivity index (χ0) is 17.4. The Morgan fingerprint density at radius 3 is 3.00 bits per heavy atom. The van der Waals surface area contributed by atoms with E-state index < -0.39 is 0 Å². The van der Waals surface area contributed by atoms with E-state index in [9.17, 15) is 4.79 Å². The Kier molecular flexibility index (Phi) is 4.52. The van der Waals surface area contributed by atoms with Gasteiger partial charge in [-0.1, -0.05) is 12.1 Å². The predicted octanol–water partition coefficient (Wildman–Crippen LogP) is 2.50. The number of amides is 1. The molecular formula is C20H27N3O2. The topological polar surface area (TPSA) is 57.4 Å². The lowest BCUT2D eigenvalue weighted by Gasteiger charge is -2.20. The molecule has 1 aliphatic heterocycles. The van der Waals surface area contributed by atoms with Crippen LogP contribution in [0.1, 0.15) is 41.4 Å². The summed E-state index contributed by atoms with van der Waals surface area (Å²) in [6.45, 7) is 4.36. The van der Waals surface area contributed by atoms with Crippen LogP contribution in [0.25, 0.3) is 10.9 Å². The molecule has 0 spiro atoms. The molecule has 25 heavy (non-hydrogen) atoms. The molecule has 0 unspecified atom stereocenters. The number of ether oxygens (including phenoxy) is 1. The van der Waals surface area contributed by atoms with Gasteiger partial charge in [-0.05, 0) is 51.3 Å². The van der Waals surface area contributed by atoms with Crippen molar-refractivity contribution in [2.24, 2.45) is 0 Å². The fourth-order valence-corrected chi connectivity index (χ4v) is 4.35. The number of hydrogen-bond donors (Lipinski definition) is 2. The summed E-state index contributed by atoms with van der Waals surface area (Å²) < 4.78 is 5.81. The summed E-state index contributed by atoms with van der Waals surface area (Å²) in [5, 5.41) is 4.42. The highest BCUT2D eigenvalue weighted by atomic mass is 16.5. The van der Waals surface area contributed by atoms with Crippen LogP contribution >= 0.6 is 0 Å². The van der Waals surface area contributed by atoms with Gasteiger partial charge in [0.15, 0.2) is 0 Å². The molecule has 2 heterocycles. The van der Waals surface area contributed by atoms with Gasteiger partial charge >= 0.3 is 0 Å². The predicted molar refractivity (Wildman–Crippen MR) is 99.1 cm³/mol. The minimum Gasteiger partial charge on any atom is -0.375 e. The van der Waals surface area contributed by atoms with Gasteiger partial charge in [0.2, 0.25) is 0 Å². The van der Waals surface area contributed by atoms with E-state index >= 15 is 0 Å². The molecule has 0 saturated carbocycles. The monoisotopic (exact) mass is 341 g/mol. The number of H-pyrrole nitrogens is 1. The maximum atomic E-state index is 13.0. The average Bonchev–Trinajstić information content (AvgIpc) is 3.15. The quantitative estimate of drug-likeness (QED) is 0.898. The number of hydrogen-bond acceptors (Lipinski definition) is 3. The molecule has 2 aliphatic rings. The Balaban J connectivity index is 1.61. The summed E-state index contributed by atoms with van der Waals surface area (Å²) >= 11 is 0. The fraction of sp³-hybridized carbons (Fsp3) is 0.550. The number of carbonyl (C=O) groups is 1. The normalized spacial score (nSPS) is 23.8. The van der Waals surface area contributed by atoms with E-state index in [0.29, 0.717) is 6.61 Å². The van der Waals surface area contributed by atoms with Crippen molar-refractivity contribution < 1.29 is 9.53 Å². The first kappa shape index (κ1) is 16.6. The van der Waals surface area contributed by atoms with Crippen LogP contribution in [-0.2, 0) is 17.6 Å². The Bertz CT molecular complexity index is 783. The van der Waals surface area contributed by atoms with E-state index in [4.69, 9.17) is 4.74 Å². The van der Waals surface area contributed by atoms with Crippen molar-refractivity contribution in [1.29, 1.82) is 0 Å². The molecule has 134 valence electrons. The molecule has 0 bridgehead atoms. The number of likely N-dealkylation sites (tertiary alicyclic amines) is 1. The number of likely N-dealkylation sites (N-methyl/N-ethyl adjacent to an activating group) is 1. The summed E-state index contributed by atoms with van der Waals surface area (Å²) in [5.41, 5.74) is 4.46. The van der Waals surface area contributed by atoms with Gasteiger partial charge in [0.05, 0.1) is 23.2 Å². The number of benzene rings is 1. The van der Waals surface area contributed by atoms with Gasteiger partial charge in [-0.25, -0.2) is 0 Å². The number of aromatic amines is 1. The van der Waals surface area contributed by atoms with Crippen LogP contribution in [0.15, 0.2) is 18.2 Å². The fourth-order valence-electron chi connectivity index (χ4n) is 4.35. The third-order valence-electron chi connectivity index (χ3n) is 5.52. The standard InChI is InChI=1S/C20H27N3O2/c1-3-25-18-12-23(2)11-17(18)22-20(24)15-9-6-8-14-13-7-4-5-10-16(13)21-19(14)15/h6,8-9,17-18,21H,3-5,7,10-12H2,1-2H3,(H,22,24)/t17-,18-/m1/s1. The van der Waals surface area contributed by atoms with E-state index in [0.717, 1.165) is 37.0 Å². The molecule has 2 atom stereocenters. The van der Waals surface area contributed by atoms with Gasteiger partial charge < -0.3 is 19.9 Å². The van der Waals surface area contributed by atoms with Crippen LogP contribution in [0.2, 0.25) is 0 Å². The molecule has 2 aromatic rings. The molecular weight excluding hydrogens is 314 g/mol. The van der Waals surface area contributed by atoms with Crippen molar-refractivity contribution in [3.8, 4) is 0 Å². The third-order valence-corrected chi connectivity index (χ3v) is 5.52. The lowest BCUT2D eigenvalue weighted by atomic mass is 9.95. The number of nitrogens with one attached hydrogen (secondary N) is 2. The second-order valence-electron chi connectivity index (χ2n) is 7.31. The molecule has 1 fully saturated rings. The van der Waals surface area contributed by atoms with Crippen molar-refractivity contribution >= 4 is 16.8 Å². The number of rotatable bonds is 4. The summed E-state index contributed by atoms with van der Waals surface area (Å²) in [5.74, 6) is -0.00537. The Labute approximate surface area is 148 Å². The zero-order valence-corrected chi connectivity index (χ0v) is 15.1. The van der Waals surface area contributed by atoms with Crippen LogP contribution in [0.3, 0.4) is 0 Å². The molecule has 5 heteroatoms. The average molecular weight is 341 g/mol. The SMILES string of the molecule is CCO[C@@H]1CN(C)C[C@H]1NC(=O)c1cccc2c3c([nH]c12)CCCC3. The number of nitrogens with zero attached hydrogens (tertiary/aromatic N) is 1. The number of para-hydroxylation sites is 1. The molecule has 0 radical (unpaired) electrons. The molecule has 4 rings (SSSR count). The van der Waals surface area contributed by atoms with Crippen molar-refractivity contribution in [2.45, 2.75) is 44.8 Å². The molecule has 1 aromatic heterocycles. The molecule has 1 aliphatic carbocycles. The minimum absolute atomic E-state index is 0.00537. The van der Waals surface area contributed by atoms with E-state index in [1.165, 1.54) is 29.5 Å². The second kappa shape index (κ2) is 6.81. The van der Waals surface area contributed by atoms with E-state index in [-0.39, 0.29) is 18.1 Å². The summed E-state index contributed by atoms with van der Waals surface area (Å²) in [7, 11) is 2.07. The largest absolute Gasteiger partial charge is 0.375 e. The minimum atomic E-state index is -0.00537. The number of aryl methyl sites for hydroxylation is 2. The zero-order valence-electron chi connectivity index (χ0n) is 15.1. The first-order chi connectivity index (χ1) is 12.2. The van der Waals surface area contributed by atoms with Gasteiger partial charge in [0, 0.05) is 30.8 Å². The Morgan fingerprint density at radius 1 is 1.32 bits per heavy atom. The van der Waals surface area contributed by atoms with Gasteiger partial charge in [0.1, 0.15) is 0 Å². The number of aromatic nitrogens is 1.